The summed E-state index contributed by atoms with van der Waals surface area (Å²) in [6, 6.07) is 2.12. The number of imide groups is 1. The number of carbonyl (C=O) groups is 2. The minimum Gasteiger partial charge on any atom is -0.323 e. The first-order valence-electron chi connectivity index (χ1n) is 5.65. The van der Waals surface area contributed by atoms with Gasteiger partial charge < -0.3 is 5.32 Å². The fourth-order valence-electron chi connectivity index (χ4n) is 2.37. The number of benzene rings is 1. The third-order valence-electron chi connectivity index (χ3n) is 3.52. The zero-order chi connectivity index (χ0) is 12.9. The van der Waals surface area contributed by atoms with E-state index in [9.17, 15) is 18.4 Å². The van der Waals surface area contributed by atoms with Crippen molar-refractivity contribution in [2.24, 2.45) is 0 Å². The Labute approximate surface area is 102 Å². The minimum atomic E-state index is -0.921. The van der Waals surface area contributed by atoms with Gasteiger partial charge in [-0.15, -0.1) is 0 Å². The molecule has 2 aliphatic rings. The second-order valence-corrected chi connectivity index (χ2v) is 4.60. The summed E-state index contributed by atoms with van der Waals surface area (Å²) in [4.78, 5) is 24.7. The monoisotopic (exact) mass is 252 g/mol. The van der Waals surface area contributed by atoms with E-state index in [1.54, 1.807) is 0 Å². The molecule has 94 valence electrons. The lowest BCUT2D eigenvalue weighted by atomic mass is 9.77. The summed E-state index contributed by atoms with van der Waals surface area (Å²) < 4.78 is 26.4. The Morgan fingerprint density at radius 2 is 1.94 bits per heavy atom. The third-order valence-corrected chi connectivity index (χ3v) is 3.52. The number of nitrogens with one attached hydrogen (secondary N) is 1. The van der Waals surface area contributed by atoms with E-state index in [0.29, 0.717) is 18.9 Å². The van der Waals surface area contributed by atoms with Crippen molar-refractivity contribution in [3.63, 3.8) is 0 Å². The lowest BCUT2D eigenvalue weighted by molar-refractivity contribution is -0.124. The molecule has 6 heteroatoms. The molecule has 0 radical (unpaired) electrons. The van der Waals surface area contributed by atoms with Crippen molar-refractivity contribution in [2.45, 2.75) is 24.8 Å². The Hall–Kier alpha value is -1.98. The molecule has 1 N–H and O–H groups in total. The van der Waals surface area contributed by atoms with Crippen LogP contribution in [0, 0.1) is 11.6 Å². The molecule has 3 amide bonds. The van der Waals surface area contributed by atoms with Crippen molar-refractivity contribution in [1.29, 1.82) is 0 Å². The molecule has 1 aliphatic heterocycles. The second-order valence-electron chi connectivity index (χ2n) is 4.60. The van der Waals surface area contributed by atoms with Crippen LogP contribution in [-0.2, 0) is 4.79 Å². The van der Waals surface area contributed by atoms with E-state index >= 15 is 0 Å². The highest BCUT2D eigenvalue weighted by molar-refractivity contribution is 6.23. The number of hydrogen-bond acceptors (Lipinski definition) is 2. The molecule has 2 fully saturated rings. The number of urea groups is 1. The van der Waals surface area contributed by atoms with E-state index < -0.39 is 29.1 Å². The molecule has 0 bridgehead atoms. The average molecular weight is 252 g/mol. The summed E-state index contributed by atoms with van der Waals surface area (Å²) in [7, 11) is 0. The summed E-state index contributed by atoms with van der Waals surface area (Å²) in [6.45, 7) is 0. The van der Waals surface area contributed by atoms with E-state index in [2.05, 4.69) is 5.32 Å². The Morgan fingerprint density at radius 3 is 2.44 bits per heavy atom. The number of nitrogens with zero attached hydrogens (tertiary/aromatic N) is 1. The summed E-state index contributed by atoms with van der Waals surface area (Å²) in [5.74, 6) is -2.12. The summed E-state index contributed by atoms with van der Waals surface area (Å²) in [6.07, 6.45) is 1.99. The van der Waals surface area contributed by atoms with Crippen molar-refractivity contribution in [2.75, 3.05) is 4.90 Å². The number of hydrogen-bond donors (Lipinski definition) is 1. The van der Waals surface area contributed by atoms with Crippen LogP contribution >= 0.6 is 0 Å². The van der Waals surface area contributed by atoms with Gasteiger partial charge in [-0.3, -0.25) is 4.79 Å². The van der Waals surface area contributed by atoms with Gasteiger partial charge in [0.2, 0.25) is 0 Å². The lowest BCUT2D eigenvalue weighted by Gasteiger charge is -2.34. The summed E-state index contributed by atoms with van der Waals surface area (Å²) >= 11 is 0. The molecule has 1 heterocycles. The molecule has 1 spiro atoms. The van der Waals surface area contributed by atoms with Gasteiger partial charge in [0.1, 0.15) is 17.2 Å². The van der Waals surface area contributed by atoms with Crippen LogP contribution in [0.2, 0.25) is 0 Å². The van der Waals surface area contributed by atoms with Gasteiger partial charge in [-0.2, -0.15) is 0 Å². The van der Waals surface area contributed by atoms with Gasteiger partial charge in [-0.05, 0) is 31.4 Å². The highest BCUT2D eigenvalue weighted by Gasteiger charge is 2.55. The van der Waals surface area contributed by atoms with Crippen LogP contribution in [0.5, 0.6) is 0 Å². The number of carbonyl (C=O) groups excluding carboxylic acids is 2. The minimum absolute atomic E-state index is 0.206. The van der Waals surface area contributed by atoms with Crippen LogP contribution in [0.25, 0.3) is 0 Å². The van der Waals surface area contributed by atoms with Crippen LogP contribution < -0.4 is 10.2 Å². The van der Waals surface area contributed by atoms with Crippen molar-refractivity contribution in [1.82, 2.24) is 5.32 Å². The first kappa shape index (κ1) is 11.1. The molecule has 1 aromatic carbocycles. The zero-order valence-corrected chi connectivity index (χ0v) is 9.37. The maximum Gasteiger partial charge on any atom is 0.329 e. The molecular formula is C12H10F2N2O2. The second kappa shape index (κ2) is 3.51. The van der Waals surface area contributed by atoms with Crippen molar-refractivity contribution in [3.05, 3.63) is 29.8 Å². The predicted octanol–water partition coefficient (Wildman–Crippen LogP) is 1.94. The van der Waals surface area contributed by atoms with Crippen molar-refractivity contribution in [3.8, 4) is 0 Å². The SMILES string of the molecule is O=C1NC2(CCC2)C(=O)N1c1ccc(F)cc1F. The number of halogens is 2. The van der Waals surface area contributed by atoms with Gasteiger partial charge in [0.05, 0.1) is 5.69 Å². The van der Waals surface area contributed by atoms with Gasteiger partial charge in [0.15, 0.2) is 0 Å². The van der Waals surface area contributed by atoms with Crippen molar-refractivity contribution >= 4 is 17.6 Å². The smallest absolute Gasteiger partial charge is 0.323 e. The first-order valence-corrected chi connectivity index (χ1v) is 5.65. The zero-order valence-electron chi connectivity index (χ0n) is 9.37. The third kappa shape index (κ3) is 1.35. The van der Waals surface area contributed by atoms with E-state index in [0.717, 1.165) is 23.5 Å². The normalized spacial score (nSPS) is 21.1. The van der Waals surface area contributed by atoms with Crippen LogP contribution in [0.4, 0.5) is 19.3 Å². The van der Waals surface area contributed by atoms with E-state index in [1.807, 2.05) is 0 Å². The van der Waals surface area contributed by atoms with Crippen LogP contribution in [0.3, 0.4) is 0 Å². The van der Waals surface area contributed by atoms with Gasteiger partial charge in [0.25, 0.3) is 5.91 Å². The molecule has 1 saturated carbocycles. The van der Waals surface area contributed by atoms with Gasteiger partial charge in [0, 0.05) is 6.07 Å². The Morgan fingerprint density at radius 1 is 1.22 bits per heavy atom. The van der Waals surface area contributed by atoms with Crippen LogP contribution in [0.1, 0.15) is 19.3 Å². The fraction of sp³-hybridized carbons (Fsp3) is 0.333. The molecule has 1 aromatic rings. The molecule has 0 aromatic heterocycles. The standard InChI is InChI=1S/C12H10F2N2O2/c13-7-2-3-9(8(14)6-7)16-10(17)12(4-1-5-12)15-11(16)18/h2-3,6H,1,4-5H2,(H,15,18). The Kier molecular flexibility index (Phi) is 2.17. The molecular weight excluding hydrogens is 242 g/mol. The maximum atomic E-state index is 13.6. The summed E-state index contributed by atoms with van der Waals surface area (Å²) in [5.41, 5.74) is -1.07. The van der Waals surface area contributed by atoms with Gasteiger partial charge in [-0.25, -0.2) is 18.5 Å². The Balaban J connectivity index is 2.01. The Bertz CT molecular complexity index is 555. The topological polar surface area (TPSA) is 49.4 Å². The van der Waals surface area contributed by atoms with Crippen LogP contribution in [-0.4, -0.2) is 17.5 Å². The highest BCUT2D eigenvalue weighted by atomic mass is 19.1. The molecule has 0 atom stereocenters. The lowest BCUT2D eigenvalue weighted by Crippen LogP contribution is -2.52. The molecule has 0 unspecified atom stereocenters. The van der Waals surface area contributed by atoms with Gasteiger partial charge >= 0.3 is 6.03 Å². The summed E-state index contributed by atoms with van der Waals surface area (Å²) in [5, 5.41) is 2.58. The largest absolute Gasteiger partial charge is 0.329 e. The molecule has 1 aliphatic carbocycles. The number of rotatable bonds is 1. The number of anilines is 1. The van der Waals surface area contributed by atoms with Crippen molar-refractivity contribution < 1.29 is 18.4 Å². The van der Waals surface area contributed by atoms with Gasteiger partial charge in [-0.1, -0.05) is 0 Å². The van der Waals surface area contributed by atoms with E-state index in [-0.39, 0.29) is 5.69 Å². The average Bonchev–Trinajstić information content (AvgIpc) is 2.52. The van der Waals surface area contributed by atoms with Crippen LogP contribution in [0.15, 0.2) is 18.2 Å². The number of amides is 3. The quantitative estimate of drug-likeness (QED) is 0.776. The fourth-order valence-corrected chi connectivity index (χ4v) is 2.37. The maximum absolute atomic E-state index is 13.6. The van der Waals surface area contributed by atoms with E-state index in [1.165, 1.54) is 0 Å². The predicted molar refractivity (Wildman–Crippen MR) is 59.0 cm³/mol. The molecule has 18 heavy (non-hydrogen) atoms. The molecule has 4 nitrogen and oxygen atoms in total. The highest BCUT2D eigenvalue weighted by Crippen LogP contribution is 2.39. The first-order chi connectivity index (χ1) is 8.53. The molecule has 3 rings (SSSR count). The van der Waals surface area contributed by atoms with E-state index in [4.69, 9.17) is 0 Å². The molecule has 1 saturated heterocycles.